The van der Waals surface area contributed by atoms with Crippen LogP contribution in [0.15, 0.2) is 34.7 Å². The van der Waals surface area contributed by atoms with Gasteiger partial charge in [0.1, 0.15) is 11.6 Å². The Morgan fingerprint density at radius 3 is 2.79 bits per heavy atom. The third-order valence-corrected chi connectivity index (χ3v) is 6.63. The standard InChI is InChI=1S/C20H21N3O3S2/c1-12-8-16(17(24)11-27-20-22-21-14(3)28-20)13(2)23(12)9-15-10-25-18-6-4-5-7-19(18)26-15/h4-8,15H,9-11H2,1-3H3/t15-/m0/s1. The van der Waals surface area contributed by atoms with Crippen molar-refractivity contribution < 1.29 is 14.3 Å². The van der Waals surface area contributed by atoms with Gasteiger partial charge < -0.3 is 14.0 Å². The van der Waals surface area contributed by atoms with Crippen LogP contribution in [0.25, 0.3) is 0 Å². The predicted octanol–water partition coefficient (Wildman–Crippen LogP) is 4.08. The number of thioether (sulfide) groups is 1. The lowest BCUT2D eigenvalue weighted by Gasteiger charge is -2.27. The maximum absolute atomic E-state index is 12.7. The van der Waals surface area contributed by atoms with Gasteiger partial charge in [-0.1, -0.05) is 35.2 Å². The van der Waals surface area contributed by atoms with E-state index in [1.165, 1.54) is 23.1 Å². The van der Waals surface area contributed by atoms with Gasteiger partial charge in [-0.15, -0.1) is 10.2 Å². The molecule has 1 aromatic carbocycles. The van der Waals surface area contributed by atoms with E-state index in [2.05, 4.69) is 14.8 Å². The third-order valence-electron chi connectivity index (χ3n) is 4.66. The first-order valence-electron chi connectivity index (χ1n) is 9.02. The molecule has 28 heavy (non-hydrogen) atoms. The number of fused-ring (bicyclic) bond motifs is 1. The molecule has 1 atom stereocenters. The Hall–Kier alpha value is -2.32. The number of ether oxygens (including phenoxy) is 2. The molecule has 0 unspecified atom stereocenters. The summed E-state index contributed by atoms with van der Waals surface area (Å²) in [6.07, 6.45) is -0.0959. The summed E-state index contributed by atoms with van der Waals surface area (Å²) in [6.45, 7) is 7.04. The Morgan fingerprint density at radius 1 is 1.25 bits per heavy atom. The van der Waals surface area contributed by atoms with Crippen molar-refractivity contribution in [3.63, 3.8) is 0 Å². The number of hydrogen-bond donors (Lipinski definition) is 0. The minimum absolute atomic E-state index is 0.0959. The molecule has 0 saturated carbocycles. The lowest BCUT2D eigenvalue weighted by atomic mass is 10.2. The molecule has 1 aliphatic heterocycles. The van der Waals surface area contributed by atoms with Gasteiger partial charge in [-0.2, -0.15) is 0 Å². The Balaban J connectivity index is 1.44. The molecule has 3 aromatic rings. The highest BCUT2D eigenvalue weighted by Crippen LogP contribution is 2.32. The van der Waals surface area contributed by atoms with Crippen LogP contribution in [0.1, 0.15) is 26.8 Å². The number of carbonyl (C=O) groups is 1. The SMILES string of the molecule is Cc1nnc(SCC(=O)c2cc(C)n(C[C@H]3COc4ccccc4O3)c2C)s1. The summed E-state index contributed by atoms with van der Waals surface area (Å²) in [5.74, 6) is 2.00. The zero-order valence-electron chi connectivity index (χ0n) is 16.0. The second-order valence-corrected chi connectivity index (χ2v) is 9.10. The third kappa shape index (κ3) is 3.93. The van der Waals surface area contributed by atoms with Gasteiger partial charge in [0, 0.05) is 17.0 Å². The first-order chi connectivity index (χ1) is 13.5. The molecule has 8 heteroatoms. The fraction of sp³-hybridized carbons (Fsp3) is 0.350. The van der Waals surface area contributed by atoms with E-state index in [0.717, 1.165) is 37.8 Å². The number of aromatic nitrogens is 3. The topological polar surface area (TPSA) is 66.2 Å². The summed E-state index contributed by atoms with van der Waals surface area (Å²) in [5.41, 5.74) is 2.75. The summed E-state index contributed by atoms with van der Waals surface area (Å²) in [5, 5.41) is 8.96. The van der Waals surface area contributed by atoms with Crippen molar-refractivity contribution >= 4 is 28.9 Å². The molecule has 0 N–H and O–H groups in total. The number of ketones is 1. The Bertz CT molecular complexity index is 1010. The summed E-state index contributed by atoms with van der Waals surface area (Å²) >= 11 is 2.95. The van der Waals surface area contributed by atoms with Crippen molar-refractivity contribution in [3.05, 3.63) is 52.3 Å². The summed E-state index contributed by atoms with van der Waals surface area (Å²) in [6, 6.07) is 9.65. The summed E-state index contributed by atoms with van der Waals surface area (Å²) < 4.78 is 14.8. The highest BCUT2D eigenvalue weighted by molar-refractivity contribution is 8.01. The second-order valence-electron chi connectivity index (χ2n) is 6.69. The van der Waals surface area contributed by atoms with Crippen LogP contribution in [0.4, 0.5) is 0 Å². The van der Waals surface area contributed by atoms with E-state index in [0.29, 0.717) is 18.9 Å². The Labute approximate surface area is 171 Å². The molecule has 0 spiro atoms. The van der Waals surface area contributed by atoms with Crippen molar-refractivity contribution in [2.24, 2.45) is 0 Å². The van der Waals surface area contributed by atoms with E-state index in [1.54, 1.807) is 0 Å². The van der Waals surface area contributed by atoms with Crippen molar-refractivity contribution in [2.75, 3.05) is 12.4 Å². The number of para-hydroxylation sites is 2. The van der Waals surface area contributed by atoms with Gasteiger partial charge in [0.05, 0.1) is 12.3 Å². The first kappa shape index (κ1) is 19.0. The van der Waals surface area contributed by atoms with Crippen molar-refractivity contribution in [1.82, 2.24) is 14.8 Å². The molecule has 146 valence electrons. The number of aryl methyl sites for hydroxylation is 2. The smallest absolute Gasteiger partial charge is 0.174 e. The monoisotopic (exact) mass is 415 g/mol. The lowest BCUT2D eigenvalue weighted by Crippen LogP contribution is -2.33. The molecule has 0 aliphatic carbocycles. The fourth-order valence-electron chi connectivity index (χ4n) is 3.26. The van der Waals surface area contributed by atoms with E-state index in [4.69, 9.17) is 9.47 Å². The molecule has 6 nitrogen and oxygen atoms in total. The van der Waals surface area contributed by atoms with Crippen molar-refractivity contribution in [1.29, 1.82) is 0 Å². The van der Waals surface area contributed by atoms with Crippen LogP contribution in [0.3, 0.4) is 0 Å². The minimum atomic E-state index is -0.0959. The highest BCUT2D eigenvalue weighted by Gasteiger charge is 2.24. The molecular formula is C20H21N3O3S2. The number of Topliss-reactive ketones (excluding diaryl/α,β-unsaturated/α-hetero) is 1. The quantitative estimate of drug-likeness (QED) is 0.446. The molecule has 0 saturated heterocycles. The molecule has 0 bridgehead atoms. The molecule has 1 aliphatic rings. The van der Waals surface area contributed by atoms with E-state index >= 15 is 0 Å². The van der Waals surface area contributed by atoms with Gasteiger partial charge in [0.15, 0.2) is 27.7 Å². The van der Waals surface area contributed by atoms with Gasteiger partial charge in [0.2, 0.25) is 0 Å². The summed E-state index contributed by atoms with van der Waals surface area (Å²) in [4.78, 5) is 12.7. The Morgan fingerprint density at radius 2 is 2.04 bits per heavy atom. The average Bonchev–Trinajstić information content (AvgIpc) is 3.24. The molecule has 2 aromatic heterocycles. The van der Waals surface area contributed by atoms with Gasteiger partial charge in [0.25, 0.3) is 0 Å². The van der Waals surface area contributed by atoms with Gasteiger partial charge in [-0.25, -0.2) is 0 Å². The van der Waals surface area contributed by atoms with Crippen LogP contribution >= 0.6 is 23.1 Å². The van der Waals surface area contributed by atoms with Crippen LogP contribution in [-0.2, 0) is 6.54 Å². The number of nitrogens with zero attached hydrogens (tertiary/aromatic N) is 3. The van der Waals surface area contributed by atoms with Crippen LogP contribution in [-0.4, -0.2) is 39.0 Å². The average molecular weight is 416 g/mol. The summed E-state index contributed by atoms with van der Waals surface area (Å²) in [7, 11) is 0. The lowest BCUT2D eigenvalue weighted by molar-refractivity contribution is 0.0777. The predicted molar refractivity (Wildman–Crippen MR) is 110 cm³/mol. The van der Waals surface area contributed by atoms with Gasteiger partial charge in [-0.3, -0.25) is 4.79 Å². The maximum atomic E-state index is 12.7. The van der Waals surface area contributed by atoms with Gasteiger partial charge in [-0.05, 0) is 39.0 Å². The normalized spacial score (nSPS) is 15.6. The van der Waals surface area contributed by atoms with Crippen LogP contribution in [0.2, 0.25) is 0 Å². The van der Waals surface area contributed by atoms with E-state index in [9.17, 15) is 4.79 Å². The zero-order valence-corrected chi connectivity index (χ0v) is 17.6. The largest absolute Gasteiger partial charge is 0.486 e. The molecule has 0 radical (unpaired) electrons. The van der Waals surface area contributed by atoms with Crippen LogP contribution < -0.4 is 9.47 Å². The van der Waals surface area contributed by atoms with Crippen molar-refractivity contribution in [3.8, 4) is 11.5 Å². The van der Waals surface area contributed by atoms with Gasteiger partial charge >= 0.3 is 0 Å². The number of hydrogen-bond acceptors (Lipinski definition) is 7. The van der Waals surface area contributed by atoms with Crippen LogP contribution in [0, 0.1) is 20.8 Å². The number of rotatable bonds is 6. The maximum Gasteiger partial charge on any atom is 0.174 e. The van der Waals surface area contributed by atoms with E-state index in [1.807, 2.05) is 51.1 Å². The van der Waals surface area contributed by atoms with Crippen molar-refractivity contribution in [2.45, 2.75) is 37.8 Å². The molecule has 0 amide bonds. The van der Waals surface area contributed by atoms with Crippen LogP contribution in [0.5, 0.6) is 11.5 Å². The molecular weight excluding hydrogens is 394 g/mol. The number of carbonyl (C=O) groups excluding carboxylic acids is 1. The Kier molecular flexibility index (Phi) is 5.41. The molecule has 4 rings (SSSR count). The molecule has 3 heterocycles. The second kappa shape index (κ2) is 7.97. The zero-order chi connectivity index (χ0) is 19.7. The molecule has 0 fully saturated rings. The first-order valence-corrected chi connectivity index (χ1v) is 10.8. The number of benzene rings is 1. The fourth-order valence-corrected chi connectivity index (χ4v) is 4.96. The highest BCUT2D eigenvalue weighted by atomic mass is 32.2. The minimum Gasteiger partial charge on any atom is -0.486 e. The van der Waals surface area contributed by atoms with E-state index < -0.39 is 0 Å². The van der Waals surface area contributed by atoms with E-state index in [-0.39, 0.29) is 11.9 Å².